The molecule has 0 aliphatic rings. The van der Waals surface area contributed by atoms with Crippen molar-refractivity contribution in [2.45, 2.75) is 11.3 Å². The zero-order chi connectivity index (χ0) is 21.1. The number of carbonyl (C=O) groups is 1. The third-order valence-corrected chi connectivity index (χ3v) is 5.61. The van der Waals surface area contributed by atoms with Crippen molar-refractivity contribution in [3.8, 4) is 0 Å². The minimum absolute atomic E-state index is 0.0187. The van der Waals surface area contributed by atoms with Crippen LogP contribution in [0.5, 0.6) is 0 Å². The van der Waals surface area contributed by atoms with Gasteiger partial charge in [0.05, 0.1) is 22.0 Å². The number of sulfonamides is 1. The lowest BCUT2D eigenvalue weighted by molar-refractivity contribution is -0.115. The number of carbonyl (C=O) groups excluding carboxylic acids is 1. The molecule has 0 atom stereocenters. The first-order valence-electron chi connectivity index (χ1n) is 8.72. The summed E-state index contributed by atoms with van der Waals surface area (Å²) in [6.45, 7) is 0. The lowest BCUT2D eigenvalue weighted by atomic mass is 10.3. The molecular formula is C19H15ClN6O3S. The normalized spacial score (nSPS) is 11.4. The Morgan fingerprint density at radius 1 is 1.03 bits per heavy atom. The molecule has 3 aromatic heterocycles. The number of pyridine rings is 1. The van der Waals surface area contributed by atoms with Gasteiger partial charge in [-0.3, -0.25) is 4.79 Å². The average molecular weight is 443 g/mol. The SMILES string of the molecule is O=C(Cc1cn2cc(Cl)ccc2n1)Nc1ccc(S(=O)(=O)Nc2ncccn2)cc1. The van der Waals surface area contributed by atoms with E-state index in [9.17, 15) is 13.2 Å². The topological polar surface area (TPSA) is 118 Å². The second-order valence-electron chi connectivity index (χ2n) is 6.27. The Labute approximate surface area is 176 Å². The molecule has 0 radical (unpaired) electrons. The molecule has 30 heavy (non-hydrogen) atoms. The molecule has 1 amide bonds. The number of fused-ring (bicyclic) bond motifs is 1. The van der Waals surface area contributed by atoms with Gasteiger partial charge in [-0.1, -0.05) is 11.6 Å². The molecule has 11 heteroatoms. The van der Waals surface area contributed by atoms with Gasteiger partial charge in [0.25, 0.3) is 10.0 Å². The summed E-state index contributed by atoms with van der Waals surface area (Å²) in [5.74, 6) is -0.306. The van der Waals surface area contributed by atoms with Crippen LogP contribution in [0.15, 0.2) is 72.1 Å². The maximum absolute atomic E-state index is 12.4. The van der Waals surface area contributed by atoms with Crippen LogP contribution in [0.2, 0.25) is 5.02 Å². The van der Waals surface area contributed by atoms with E-state index in [4.69, 9.17) is 11.6 Å². The fourth-order valence-corrected chi connectivity index (χ4v) is 3.85. The van der Waals surface area contributed by atoms with Crippen LogP contribution in [0, 0.1) is 0 Å². The minimum Gasteiger partial charge on any atom is -0.326 e. The van der Waals surface area contributed by atoms with Crippen molar-refractivity contribution in [3.63, 3.8) is 0 Å². The van der Waals surface area contributed by atoms with Crippen molar-refractivity contribution in [1.29, 1.82) is 0 Å². The van der Waals surface area contributed by atoms with Gasteiger partial charge in [-0.2, -0.15) is 0 Å². The minimum atomic E-state index is -3.84. The van der Waals surface area contributed by atoms with E-state index in [1.807, 2.05) is 0 Å². The highest BCUT2D eigenvalue weighted by molar-refractivity contribution is 7.92. The molecule has 1 aromatic carbocycles. The van der Waals surface area contributed by atoms with Gasteiger partial charge < -0.3 is 9.72 Å². The van der Waals surface area contributed by atoms with E-state index in [1.54, 1.807) is 35.0 Å². The number of imidazole rings is 1. The summed E-state index contributed by atoms with van der Waals surface area (Å²) >= 11 is 5.95. The molecule has 4 rings (SSSR count). The fraction of sp³-hybridized carbons (Fsp3) is 0.0526. The van der Waals surface area contributed by atoms with Crippen molar-refractivity contribution in [1.82, 2.24) is 19.4 Å². The summed E-state index contributed by atoms with van der Waals surface area (Å²) in [5, 5.41) is 3.29. The Morgan fingerprint density at radius 3 is 2.50 bits per heavy atom. The number of aromatic nitrogens is 4. The summed E-state index contributed by atoms with van der Waals surface area (Å²) in [4.78, 5) is 24.4. The first kappa shape index (κ1) is 19.8. The molecule has 3 heterocycles. The van der Waals surface area contributed by atoms with Crippen molar-refractivity contribution in [3.05, 3.63) is 78.0 Å². The zero-order valence-electron chi connectivity index (χ0n) is 15.4. The van der Waals surface area contributed by atoms with Gasteiger partial charge >= 0.3 is 0 Å². The van der Waals surface area contributed by atoms with Gasteiger partial charge in [-0.15, -0.1) is 0 Å². The van der Waals surface area contributed by atoms with Gasteiger partial charge in [-0.05, 0) is 42.5 Å². The molecule has 0 spiro atoms. The van der Waals surface area contributed by atoms with Crippen LogP contribution in [-0.2, 0) is 21.2 Å². The van der Waals surface area contributed by atoms with Gasteiger partial charge in [-0.25, -0.2) is 28.1 Å². The number of nitrogens with one attached hydrogen (secondary N) is 2. The second kappa shape index (κ2) is 8.09. The van der Waals surface area contributed by atoms with Crippen molar-refractivity contribution in [2.24, 2.45) is 0 Å². The monoisotopic (exact) mass is 442 g/mol. The van der Waals surface area contributed by atoms with Crippen molar-refractivity contribution < 1.29 is 13.2 Å². The summed E-state index contributed by atoms with van der Waals surface area (Å²) in [6.07, 6.45) is 6.36. The summed E-state index contributed by atoms with van der Waals surface area (Å²) in [5.41, 5.74) is 1.73. The number of anilines is 2. The highest BCUT2D eigenvalue weighted by atomic mass is 35.5. The molecule has 0 aliphatic carbocycles. The van der Waals surface area contributed by atoms with Crippen LogP contribution < -0.4 is 10.0 Å². The second-order valence-corrected chi connectivity index (χ2v) is 8.39. The summed E-state index contributed by atoms with van der Waals surface area (Å²) < 4.78 is 28.8. The molecule has 0 fully saturated rings. The average Bonchev–Trinajstić information content (AvgIpc) is 3.10. The van der Waals surface area contributed by atoms with E-state index in [0.29, 0.717) is 22.1 Å². The number of halogens is 1. The van der Waals surface area contributed by atoms with Crippen LogP contribution >= 0.6 is 11.6 Å². The van der Waals surface area contributed by atoms with Gasteiger partial charge in [0, 0.05) is 30.5 Å². The van der Waals surface area contributed by atoms with Crippen LogP contribution in [0.4, 0.5) is 11.6 Å². The van der Waals surface area contributed by atoms with E-state index in [2.05, 4.69) is 25.0 Å². The lowest BCUT2D eigenvalue weighted by Gasteiger charge is -2.08. The number of amides is 1. The predicted octanol–water partition coefficient (Wildman–Crippen LogP) is 2.76. The van der Waals surface area contributed by atoms with E-state index in [-0.39, 0.29) is 23.2 Å². The van der Waals surface area contributed by atoms with Crippen molar-refractivity contribution >= 4 is 44.8 Å². The smallest absolute Gasteiger partial charge is 0.264 e. The van der Waals surface area contributed by atoms with E-state index in [1.165, 1.54) is 36.7 Å². The van der Waals surface area contributed by atoms with Crippen molar-refractivity contribution in [2.75, 3.05) is 10.0 Å². The summed E-state index contributed by atoms with van der Waals surface area (Å²) in [6, 6.07) is 10.8. The third kappa shape index (κ3) is 4.56. The van der Waals surface area contributed by atoms with E-state index < -0.39 is 10.0 Å². The molecule has 4 aromatic rings. The predicted molar refractivity (Wildman–Crippen MR) is 112 cm³/mol. The van der Waals surface area contributed by atoms with E-state index >= 15 is 0 Å². The first-order valence-corrected chi connectivity index (χ1v) is 10.6. The maximum Gasteiger partial charge on any atom is 0.264 e. The molecule has 152 valence electrons. The highest BCUT2D eigenvalue weighted by Crippen LogP contribution is 2.17. The molecule has 0 aliphatic heterocycles. The lowest BCUT2D eigenvalue weighted by Crippen LogP contribution is -2.16. The van der Waals surface area contributed by atoms with Crippen LogP contribution in [0.3, 0.4) is 0 Å². The number of benzene rings is 1. The quantitative estimate of drug-likeness (QED) is 0.474. The number of rotatable bonds is 6. The molecule has 0 unspecified atom stereocenters. The molecule has 0 saturated carbocycles. The number of hydrogen-bond acceptors (Lipinski definition) is 6. The Bertz CT molecular complexity index is 1310. The Balaban J connectivity index is 1.41. The zero-order valence-corrected chi connectivity index (χ0v) is 16.9. The van der Waals surface area contributed by atoms with Crippen LogP contribution in [-0.4, -0.2) is 33.7 Å². The Kier molecular flexibility index (Phi) is 5.34. The summed E-state index contributed by atoms with van der Waals surface area (Å²) in [7, 11) is -3.84. The van der Waals surface area contributed by atoms with Gasteiger partial charge in [0.15, 0.2) is 0 Å². The maximum atomic E-state index is 12.4. The van der Waals surface area contributed by atoms with E-state index in [0.717, 1.165) is 0 Å². The molecule has 2 N–H and O–H groups in total. The highest BCUT2D eigenvalue weighted by Gasteiger charge is 2.16. The number of nitrogens with zero attached hydrogens (tertiary/aromatic N) is 4. The van der Waals surface area contributed by atoms with Gasteiger partial charge in [0.1, 0.15) is 5.65 Å². The first-order chi connectivity index (χ1) is 14.4. The van der Waals surface area contributed by atoms with Crippen LogP contribution in [0.1, 0.15) is 5.69 Å². The third-order valence-electron chi connectivity index (χ3n) is 4.05. The fourth-order valence-electron chi connectivity index (χ4n) is 2.72. The Morgan fingerprint density at radius 2 is 1.77 bits per heavy atom. The molecule has 0 bridgehead atoms. The molecule has 9 nitrogen and oxygen atoms in total. The largest absolute Gasteiger partial charge is 0.326 e. The van der Waals surface area contributed by atoms with Gasteiger partial charge in [0.2, 0.25) is 11.9 Å². The molecular weight excluding hydrogens is 428 g/mol. The number of hydrogen-bond donors (Lipinski definition) is 2. The standard InChI is InChI=1S/C19H15ClN6O3S/c20-13-2-7-17-23-15(12-26(17)11-13)10-18(27)24-14-3-5-16(6-4-14)30(28,29)25-19-21-8-1-9-22-19/h1-9,11-12H,10H2,(H,24,27)(H,21,22,25). The van der Waals surface area contributed by atoms with Crippen LogP contribution in [0.25, 0.3) is 5.65 Å². The Hall–Kier alpha value is -3.50. The molecule has 0 saturated heterocycles.